The van der Waals surface area contributed by atoms with E-state index in [1.807, 2.05) is 0 Å². The summed E-state index contributed by atoms with van der Waals surface area (Å²) in [6, 6.07) is 6.39. The van der Waals surface area contributed by atoms with Crippen molar-refractivity contribution in [3.8, 4) is 6.07 Å². The fourth-order valence-electron chi connectivity index (χ4n) is 1.32. The molecule has 0 atom stereocenters. The van der Waals surface area contributed by atoms with Crippen LogP contribution in [0.1, 0.15) is 31.7 Å². The summed E-state index contributed by atoms with van der Waals surface area (Å²) < 4.78 is 13.2. The van der Waals surface area contributed by atoms with Crippen molar-refractivity contribution in [2.75, 3.05) is 11.9 Å². The highest BCUT2D eigenvalue weighted by Crippen LogP contribution is 2.13. The molecule has 0 saturated carbocycles. The van der Waals surface area contributed by atoms with Gasteiger partial charge in [-0.05, 0) is 24.6 Å². The van der Waals surface area contributed by atoms with Crippen LogP contribution < -0.4 is 5.32 Å². The summed E-state index contributed by atoms with van der Waals surface area (Å²) in [6.45, 7) is 2.99. The third-order valence-corrected chi connectivity index (χ3v) is 2.20. The first kappa shape index (κ1) is 11.5. The second kappa shape index (κ2) is 6.02. The van der Waals surface area contributed by atoms with Gasteiger partial charge < -0.3 is 5.32 Å². The molecule has 0 bridgehead atoms. The van der Waals surface area contributed by atoms with Crippen LogP contribution in [-0.2, 0) is 0 Å². The van der Waals surface area contributed by atoms with Crippen LogP contribution in [0.15, 0.2) is 18.2 Å². The Morgan fingerprint density at radius 1 is 1.40 bits per heavy atom. The molecular formula is C12H15FN2. The van der Waals surface area contributed by atoms with Gasteiger partial charge in [0.15, 0.2) is 0 Å². The lowest BCUT2D eigenvalue weighted by atomic mass is 10.2. The Kier molecular flexibility index (Phi) is 4.62. The number of nitriles is 1. The summed E-state index contributed by atoms with van der Waals surface area (Å²) >= 11 is 0. The van der Waals surface area contributed by atoms with Crippen LogP contribution >= 0.6 is 0 Å². The largest absolute Gasteiger partial charge is 0.385 e. The number of nitrogens with zero attached hydrogens (tertiary/aromatic N) is 1. The van der Waals surface area contributed by atoms with Gasteiger partial charge in [0.1, 0.15) is 11.9 Å². The average molecular weight is 206 g/mol. The maximum atomic E-state index is 13.2. The van der Waals surface area contributed by atoms with E-state index < -0.39 is 5.82 Å². The van der Waals surface area contributed by atoms with Gasteiger partial charge in [-0.15, -0.1) is 0 Å². The highest BCUT2D eigenvalue weighted by atomic mass is 19.1. The lowest BCUT2D eigenvalue weighted by Crippen LogP contribution is -2.01. The Bertz CT molecular complexity index is 355. The van der Waals surface area contributed by atoms with E-state index in [2.05, 4.69) is 12.2 Å². The summed E-state index contributed by atoms with van der Waals surface area (Å²) in [4.78, 5) is 0. The van der Waals surface area contributed by atoms with E-state index in [-0.39, 0.29) is 5.56 Å². The zero-order valence-corrected chi connectivity index (χ0v) is 8.89. The molecule has 0 radical (unpaired) electrons. The van der Waals surface area contributed by atoms with Crippen molar-refractivity contribution in [1.82, 2.24) is 0 Å². The molecular weight excluding hydrogens is 191 g/mol. The van der Waals surface area contributed by atoms with Gasteiger partial charge in [0.05, 0.1) is 5.56 Å². The number of hydrogen-bond donors (Lipinski definition) is 1. The van der Waals surface area contributed by atoms with Crippen molar-refractivity contribution in [3.63, 3.8) is 0 Å². The number of halogens is 1. The van der Waals surface area contributed by atoms with Crippen LogP contribution in [-0.4, -0.2) is 6.54 Å². The first-order valence-corrected chi connectivity index (χ1v) is 5.21. The summed E-state index contributed by atoms with van der Waals surface area (Å²) in [7, 11) is 0. The molecule has 2 nitrogen and oxygen atoms in total. The summed E-state index contributed by atoms with van der Waals surface area (Å²) in [5.74, 6) is -0.460. The van der Waals surface area contributed by atoms with Crippen LogP contribution in [0.3, 0.4) is 0 Å². The highest BCUT2D eigenvalue weighted by Gasteiger charge is 2.01. The van der Waals surface area contributed by atoms with Gasteiger partial charge in [-0.3, -0.25) is 0 Å². The molecule has 0 saturated heterocycles. The van der Waals surface area contributed by atoms with E-state index in [0.29, 0.717) is 0 Å². The highest BCUT2D eigenvalue weighted by molar-refractivity contribution is 5.47. The summed E-state index contributed by atoms with van der Waals surface area (Å²) in [5.41, 5.74) is 0.830. The third kappa shape index (κ3) is 3.59. The molecule has 0 unspecified atom stereocenters. The molecule has 1 N–H and O–H groups in total. The fraction of sp³-hybridized carbons (Fsp3) is 0.417. The Morgan fingerprint density at radius 3 is 2.80 bits per heavy atom. The standard InChI is InChI=1S/C12H15FN2/c1-2-3-4-7-15-11-6-5-10(9-14)12(13)8-11/h5-6,8,15H,2-4,7H2,1H3. The van der Waals surface area contributed by atoms with Crippen molar-refractivity contribution in [2.24, 2.45) is 0 Å². The van der Waals surface area contributed by atoms with Gasteiger partial charge in [0.25, 0.3) is 0 Å². The number of hydrogen-bond acceptors (Lipinski definition) is 2. The molecule has 80 valence electrons. The maximum absolute atomic E-state index is 13.2. The molecule has 3 heteroatoms. The molecule has 0 heterocycles. The van der Waals surface area contributed by atoms with Crippen LogP contribution in [0.5, 0.6) is 0 Å². The molecule has 0 spiro atoms. The molecule has 1 aromatic rings. The van der Waals surface area contributed by atoms with E-state index in [9.17, 15) is 4.39 Å². The summed E-state index contributed by atoms with van der Waals surface area (Å²) in [6.07, 6.45) is 3.42. The van der Waals surface area contributed by atoms with Gasteiger partial charge in [-0.25, -0.2) is 4.39 Å². The maximum Gasteiger partial charge on any atom is 0.143 e. The second-order valence-electron chi connectivity index (χ2n) is 3.44. The first-order chi connectivity index (χ1) is 7.27. The van der Waals surface area contributed by atoms with E-state index in [4.69, 9.17) is 5.26 Å². The Hall–Kier alpha value is -1.56. The lowest BCUT2D eigenvalue weighted by Gasteiger charge is -2.05. The van der Waals surface area contributed by atoms with Crippen molar-refractivity contribution in [1.29, 1.82) is 5.26 Å². The number of benzene rings is 1. The fourth-order valence-corrected chi connectivity index (χ4v) is 1.32. The van der Waals surface area contributed by atoms with Crippen molar-refractivity contribution >= 4 is 5.69 Å². The number of unbranched alkanes of at least 4 members (excludes halogenated alkanes) is 2. The smallest absolute Gasteiger partial charge is 0.143 e. The monoisotopic (exact) mass is 206 g/mol. The molecule has 0 aromatic heterocycles. The van der Waals surface area contributed by atoms with Crippen molar-refractivity contribution in [2.45, 2.75) is 26.2 Å². The van der Waals surface area contributed by atoms with Gasteiger partial charge in [-0.1, -0.05) is 19.8 Å². The first-order valence-electron chi connectivity index (χ1n) is 5.21. The van der Waals surface area contributed by atoms with E-state index in [0.717, 1.165) is 18.7 Å². The second-order valence-corrected chi connectivity index (χ2v) is 3.44. The van der Waals surface area contributed by atoms with Gasteiger partial charge in [0, 0.05) is 12.2 Å². The van der Waals surface area contributed by atoms with Gasteiger partial charge >= 0.3 is 0 Å². The van der Waals surface area contributed by atoms with Crippen molar-refractivity contribution in [3.05, 3.63) is 29.6 Å². The zero-order chi connectivity index (χ0) is 11.1. The molecule has 15 heavy (non-hydrogen) atoms. The van der Waals surface area contributed by atoms with Crippen molar-refractivity contribution < 1.29 is 4.39 Å². The third-order valence-electron chi connectivity index (χ3n) is 2.20. The quantitative estimate of drug-likeness (QED) is 0.750. The molecule has 0 amide bonds. The van der Waals surface area contributed by atoms with Crippen LogP contribution in [0.4, 0.5) is 10.1 Å². The molecule has 1 rings (SSSR count). The van der Waals surface area contributed by atoms with Gasteiger partial charge in [0.2, 0.25) is 0 Å². The molecule has 0 fully saturated rings. The summed E-state index contributed by atoms with van der Waals surface area (Å²) in [5, 5.41) is 11.7. The average Bonchev–Trinajstić information content (AvgIpc) is 2.25. The normalized spacial score (nSPS) is 9.67. The Balaban J connectivity index is 2.49. The number of anilines is 1. The minimum absolute atomic E-state index is 0.0918. The van der Waals surface area contributed by atoms with E-state index in [1.165, 1.54) is 25.0 Å². The van der Waals surface area contributed by atoms with Crippen LogP contribution in [0, 0.1) is 17.1 Å². The minimum atomic E-state index is -0.460. The van der Waals surface area contributed by atoms with Gasteiger partial charge in [-0.2, -0.15) is 5.26 Å². The molecule has 1 aromatic carbocycles. The predicted molar refractivity (Wildman–Crippen MR) is 59.1 cm³/mol. The SMILES string of the molecule is CCCCCNc1ccc(C#N)c(F)c1. The van der Waals surface area contributed by atoms with Crippen LogP contribution in [0.25, 0.3) is 0 Å². The zero-order valence-electron chi connectivity index (χ0n) is 8.89. The molecule has 0 aliphatic rings. The Morgan fingerprint density at radius 2 is 2.20 bits per heavy atom. The molecule has 0 aliphatic heterocycles. The number of nitrogens with one attached hydrogen (secondary N) is 1. The van der Waals surface area contributed by atoms with Crippen LogP contribution in [0.2, 0.25) is 0 Å². The minimum Gasteiger partial charge on any atom is -0.385 e. The van der Waals surface area contributed by atoms with E-state index in [1.54, 1.807) is 12.1 Å². The Labute approximate surface area is 89.7 Å². The molecule has 0 aliphatic carbocycles. The topological polar surface area (TPSA) is 35.8 Å². The lowest BCUT2D eigenvalue weighted by molar-refractivity contribution is 0.624. The predicted octanol–water partition coefficient (Wildman–Crippen LogP) is 3.30. The van der Waals surface area contributed by atoms with E-state index >= 15 is 0 Å². The number of rotatable bonds is 5.